The van der Waals surface area contributed by atoms with Gasteiger partial charge >= 0.3 is 0 Å². The van der Waals surface area contributed by atoms with Crippen LogP contribution in [0.3, 0.4) is 0 Å². The summed E-state index contributed by atoms with van der Waals surface area (Å²) in [4.78, 5) is 4.55. The van der Waals surface area contributed by atoms with Gasteiger partial charge in [-0.3, -0.25) is 0 Å². The Bertz CT molecular complexity index is 519. The highest BCUT2D eigenvalue weighted by Gasteiger charge is 2.10. The van der Waals surface area contributed by atoms with Gasteiger partial charge in [-0.05, 0) is 39.3 Å². The zero-order chi connectivity index (χ0) is 13.7. The van der Waals surface area contributed by atoms with E-state index >= 15 is 0 Å². The third-order valence-electron chi connectivity index (χ3n) is 3.36. The number of hydrogen-bond donors (Lipinski definition) is 1. The van der Waals surface area contributed by atoms with E-state index in [1.54, 1.807) is 11.3 Å². The van der Waals surface area contributed by atoms with Crippen LogP contribution in [-0.2, 0) is 12.8 Å². The number of rotatable bonds is 6. The van der Waals surface area contributed by atoms with E-state index in [-0.39, 0.29) is 0 Å². The van der Waals surface area contributed by atoms with Gasteiger partial charge in [0.25, 0.3) is 0 Å². The average molecular weight is 274 g/mol. The molecule has 0 spiro atoms. The number of nitrogens with zero attached hydrogens (tertiary/aromatic N) is 1. The number of aryl methyl sites for hydroxylation is 3. The molecule has 0 saturated heterocycles. The SMILES string of the molecule is CNC(CCc1cccc(C)c1)Cc1nc(C)cs1. The predicted molar refractivity (Wildman–Crippen MR) is 82.9 cm³/mol. The Labute approximate surface area is 119 Å². The van der Waals surface area contributed by atoms with Crippen molar-refractivity contribution < 1.29 is 0 Å². The molecule has 2 rings (SSSR count). The topological polar surface area (TPSA) is 24.9 Å². The van der Waals surface area contributed by atoms with Crippen LogP contribution in [0, 0.1) is 13.8 Å². The maximum Gasteiger partial charge on any atom is 0.0943 e. The van der Waals surface area contributed by atoms with Gasteiger partial charge in [-0.15, -0.1) is 11.3 Å². The first-order chi connectivity index (χ1) is 9.17. The molecule has 0 amide bonds. The minimum absolute atomic E-state index is 0.506. The van der Waals surface area contributed by atoms with E-state index in [2.05, 4.69) is 53.8 Å². The lowest BCUT2D eigenvalue weighted by Crippen LogP contribution is -2.28. The van der Waals surface area contributed by atoms with Crippen LogP contribution < -0.4 is 5.32 Å². The molecule has 3 heteroatoms. The molecule has 0 aliphatic rings. The summed E-state index contributed by atoms with van der Waals surface area (Å²) in [6.07, 6.45) is 3.30. The second-order valence-electron chi connectivity index (χ2n) is 5.10. The zero-order valence-corrected chi connectivity index (χ0v) is 12.8. The maximum absolute atomic E-state index is 4.55. The minimum atomic E-state index is 0.506. The van der Waals surface area contributed by atoms with Crippen LogP contribution in [0.2, 0.25) is 0 Å². The van der Waals surface area contributed by atoms with Crippen molar-refractivity contribution in [1.29, 1.82) is 0 Å². The summed E-state index contributed by atoms with van der Waals surface area (Å²) in [7, 11) is 2.04. The van der Waals surface area contributed by atoms with Crippen molar-refractivity contribution >= 4 is 11.3 Å². The molecular weight excluding hydrogens is 252 g/mol. The van der Waals surface area contributed by atoms with Gasteiger partial charge in [-0.2, -0.15) is 0 Å². The first-order valence-electron chi connectivity index (χ1n) is 6.81. The summed E-state index contributed by atoms with van der Waals surface area (Å²) in [6.45, 7) is 4.21. The normalized spacial score (nSPS) is 12.6. The first kappa shape index (κ1) is 14.2. The van der Waals surface area contributed by atoms with Gasteiger partial charge in [-0.25, -0.2) is 4.98 Å². The van der Waals surface area contributed by atoms with E-state index < -0.39 is 0 Å². The standard InChI is InChI=1S/C16H22N2S/c1-12-5-4-6-14(9-12)7-8-15(17-3)10-16-18-13(2)11-19-16/h4-6,9,11,15,17H,7-8,10H2,1-3H3. The van der Waals surface area contributed by atoms with Gasteiger partial charge in [-0.1, -0.05) is 29.8 Å². The predicted octanol–water partition coefficient (Wildman–Crippen LogP) is 3.52. The van der Waals surface area contributed by atoms with E-state index in [9.17, 15) is 0 Å². The summed E-state index contributed by atoms with van der Waals surface area (Å²) in [5, 5.41) is 6.78. The first-order valence-corrected chi connectivity index (χ1v) is 7.69. The highest BCUT2D eigenvalue weighted by molar-refractivity contribution is 7.09. The van der Waals surface area contributed by atoms with E-state index in [0.717, 1.165) is 25.0 Å². The number of hydrogen-bond acceptors (Lipinski definition) is 3. The number of thiazole rings is 1. The second kappa shape index (κ2) is 6.83. The van der Waals surface area contributed by atoms with Crippen LogP contribution >= 0.6 is 11.3 Å². The minimum Gasteiger partial charge on any atom is -0.317 e. The molecular formula is C16H22N2S. The molecule has 102 valence electrons. The average Bonchev–Trinajstić information content (AvgIpc) is 2.80. The Morgan fingerprint density at radius 2 is 2.16 bits per heavy atom. The lowest BCUT2D eigenvalue weighted by molar-refractivity contribution is 0.519. The van der Waals surface area contributed by atoms with E-state index in [0.29, 0.717) is 6.04 Å². The van der Waals surface area contributed by atoms with Crippen molar-refractivity contribution in [2.45, 2.75) is 39.2 Å². The molecule has 1 heterocycles. The molecule has 1 atom stereocenters. The lowest BCUT2D eigenvalue weighted by atomic mass is 10.0. The third-order valence-corrected chi connectivity index (χ3v) is 4.35. The smallest absolute Gasteiger partial charge is 0.0943 e. The van der Waals surface area contributed by atoms with Crippen molar-refractivity contribution in [3.63, 3.8) is 0 Å². The van der Waals surface area contributed by atoms with Gasteiger partial charge in [0.2, 0.25) is 0 Å². The molecule has 19 heavy (non-hydrogen) atoms. The van der Waals surface area contributed by atoms with E-state index in [1.807, 2.05) is 7.05 Å². The fourth-order valence-corrected chi connectivity index (χ4v) is 3.12. The van der Waals surface area contributed by atoms with Crippen molar-refractivity contribution in [2.24, 2.45) is 0 Å². The Kier molecular flexibility index (Phi) is 5.11. The molecule has 2 aromatic rings. The molecule has 1 aromatic carbocycles. The van der Waals surface area contributed by atoms with Crippen molar-refractivity contribution in [3.05, 3.63) is 51.5 Å². The van der Waals surface area contributed by atoms with E-state index in [1.165, 1.54) is 16.1 Å². The Morgan fingerprint density at radius 3 is 2.79 bits per heavy atom. The van der Waals surface area contributed by atoms with Crippen LogP contribution in [-0.4, -0.2) is 18.1 Å². The second-order valence-corrected chi connectivity index (χ2v) is 6.04. The number of benzene rings is 1. The number of aromatic nitrogens is 1. The van der Waals surface area contributed by atoms with Gasteiger partial charge < -0.3 is 5.32 Å². The highest BCUT2D eigenvalue weighted by Crippen LogP contribution is 2.14. The summed E-state index contributed by atoms with van der Waals surface area (Å²) in [6, 6.07) is 9.29. The fourth-order valence-electron chi connectivity index (χ4n) is 2.26. The Hall–Kier alpha value is -1.19. The molecule has 2 nitrogen and oxygen atoms in total. The molecule has 1 N–H and O–H groups in total. The molecule has 0 aliphatic heterocycles. The van der Waals surface area contributed by atoms with Crippen LogP contribution in [0.15, 0.2) is 29.6 Å². The monoisotopic (exact) mass is 274 g/mol. The zero-order valence-electron chi connectivity index (χ0n) is 11.9. The molecule has 1 unspecified atom stereocenters. The molecule has 0 fully saturated rings. The van der Waals surface area contributed by atoms with Gasteiger partial charge in [0.05, 0.1) is 5.01 Å². The quantitative estimate of drug-likeness (QED) is 0.871. The molecule has 0 bridgehead atoms. The molecule has 0 radical (unpaired) electrons. The van der Waals surface area contributed by atoms with Crippen molar-refractivity contribution in [2.75, 3.05) is 7.05 Å². The number of nitrogens with one attached hydrogen (secondary N) is 1. The van der Waals surface area contributed by atoms with Crippen molar-refractivity contribution in [3.8, 4) is 0 Å². The Morgan fingerprint density at radius 1 is 1.32 bits per heavy atom. The van der Waals surface area contributed by atoms with Gasteiger partial charge in [0, 0.05) is 23.5 Å². The van der Waals surface area contributed by atoms with Crippen molar-refractivity contribution in [1.82, 2.24) is 10.3 Å². The van der Waals surface area contributed by atoms with E-state index in [4.69, 9.17) is 0 Å². The molecule has 0 aliphatic carbocycles. The van der Waals surface area contributed by atoms with Crippen LogP contribution in [0.25, 0.3) is 0 Å². The third kappa shape index (κ3) is 4.44. The lowest BCUT2D eigenvalue weighted by Gasteiger charge is -2.14. The fraction of sp³-hybridized carbons (Fsp3) is 0.438. The van der Waals surface area contributed by atoms with Crippen LogP contribution in [0.4, 0.5) is 0 Å². The maximum atomic E-state index is 4.55. The summed E-state index contributed by atoms with van der Waals surface area (Å²) in [5.74, 6) is 0. The summed E-state index contributed by atoms with van der Waals surface area (Å²) < 4.78 is 0. The summed E-state index contributed by atoms with van der Waals surface area (Å²) >= 11 is 1.77. The number of likely N-dealkylation sites (N-methyl/N-ethyl adjacent to an activating group) is 1. The van der Waals surface area contributed by atoms with Gasteiger partial charge in [0.15, 0.2) is 0 Å². The van der Waals surface area contributed by atoms with Gasteiger partial charge in [0.1, 0.15) is 0 Å². The molecule has 0 saturated carbocycles. The van der Waals surface area contributed by atoms with Crippen LogP contribution in [0.5, 0.6) is 0 Å². The largest absolute Gasteiger partial charge is 0.317 e. The highest BCUT2D eigenvalue weighted by atomic mass is 32.1. The van der Waals surface area contributed by atoms with Crippen LogP contribution in [0.1, 0.15) is 28.2 Å². The summed E-state index contributed by atoms with van der Waals surface area (Å²) in [5.41, 5.74) is 3.90. The Balaban J connectivity index is 1.89. The molecule has 1 aromatic heterocycles.